The molecule has 1 rings (SSSR count). The van der Waals surface area contributed by atoms with E-state index >= 15 is 0 Å². The molecule has 3 amide bonds. The Kier molecular flexibility index (Phi) is 6.98. The largest absolute Gasteiger partial charge is 0.481 e. The van der Waals surface area contributed by atoms with Gasteiger partial charge in [-0.1, -0.05) is 13.3 Å². The summed E-state index contributed by atoms with van der Waals surface area (Å²) in [6.07, 6.45) is 2.44. The summed E-state index contributed by atoms with van der Waals surface area (Å²) in [7, 11) is 0. The Hall–Kier alpha value is -1.79. The van der Waals surface area contributed by atoms with Crippen LogP contribution < -0.4 is 10.6 Å². The summed E-state index contributed by atoms with van der Waals surface area (Å²) in [6, 6.07) is -0.171. The maximum atomic E-state index is 12.1. The van der Waals surface area contributed by atoms with Crippen LogP contribution >= 0.6 is 0 Å². The quantitative estimate of drug-likeness (QED) is 0.675. The Morgan fingerprint density at radius 2 is 2.05 bits per heavy atom. The van der Waals surface area contributed by atoms with Crippen molar-refractivity contribution in [2.75, 3.05) is 19.6 Å². The molecule has 0 saturated carbocycles. The standard InChI is InChI=1S/C14H25N3O4/c1-10(13(19)20)4-3-5-11(2)16-14(21)17-8-6-12(18)15-7-9-17/h10-11H,3-9H2,1-2H3,(H,15,18)(H,16,21)(H,19,20). The molecule has 0 radical (unpaired) electrons. The Labute approximate surface area is 125 Å². The second kappa shape index (κ2) is 8.49. The maximum Gasteiger partial charge on any atom is 0.317 e. The number of urea groups is 1. The first-order chi connectivity index (χ1) is 9.90. The predicted octanol–water partition coefficient (Wildman–Crippen LogP) is 0.797. The number of amides is 3. The van der Waals surface area contributed by atoms with E-state index in [4.69, 9.17) is 5.11 Å². The zero-order chi connectivity index (χ0) is 15.8. The smallest absolute Gasteiger partial charge is 0.317 e. The van der Waals surface area contributed by atoms with E-state index < -0.39 is 5.97 Å². The fourth-order valence-electron chi connectivity index (χ4n) is 2.20. The van der Waals surface area contributed by atoms with Crippen molar-refractivity contribution in [1.82, 2.24) is 15.5 Å². The SMILES string of the molecule is CC(CCCC(C)C(=O)O)NC(=O)N1CCNC(=O)CC1. The molecule has 1 heterocycles. The monoisotopic (exact) mass is 299 g/mol. The van der Waals surface area contributed by atoms with Crippen LogP contribution in [0.1, 0.15) is 39.5 Å². The maximum absolute atomic E-state index is 12.1. The molecule has 21 heavy (non-hydrogen) atoms. The van der Waals surface area contributed by atoms with E-state index in [2.05, 4.69) is 10.6 Å². The van der Waals surface area contributed by atoms with E-state index in [-0.39, 0.29) is 23.9 Å². The van der Waals surface area contributed by atoms with Crippen molar-refractivity contribution in [3.63, 3.8) is 0 Å². The van der Waals surface area contributed by atoms with Crippen molar-refractivity contribution in [2.24, 2.45) is 5.92 Å². The fourth-order valence-corrected chi connectivity index (χ4v) is 2.20. The molecule has 2 unspecified atom stereocenters. The van der Waals surface area contributed by atoms with Crippen LogP contribution in [0.2, 0.25) is 0 Å². The lowest BCUT2D eigenvalue weighted by atomic mass is 10.0. The van der Waals surface area contributed by atoms with Gasteiger partial charge >= 0.3 is 12.0 Å². The van der Waals surface area contributed by atoms with Gasteiger partial charge in [-0.3, -0.25) is 9.59 Å². The lowest BCUT2D eigenvalue weighted by molar-refractivity contribution is -0.141. The van der Waals surface area contributed by atoms with Gasteiger partial charge in [0.05, 0.1) is 5.92 Å². The van der Waals surface area contributed by atoms with Crippen molar-refractivity contribution >= 4 is 17.9 Å². The third-order valence-electron chi connectivity index (χ3n) is 3.67. The van der Waals surface area contributed by atoms with E-state index in [0.717, 1.165) is 12.8 Å². The second-order valence-corrected chi connectivity index (χ2v) is 5.61. The number of aliphatic carboxylic acids is 1. The zero-order valence-electron chi connectivity index (χ0n) is 12.7. The highest BCUT2D eigenvalue weighted by Gasteiger charge is 2.19. The Morgan fingerprint density at radius 3 is 2.71 bits per heavy atom. The Bertz CT molecular complexity index is 386. The van der Waals surface area contributed by atoms with Gasteiger partial charge in [-0.05, 0) is 19.8 Å². The minimum Gasteiger partial charge on any atom is -0.481 e. The van der Waals surface area contributed by atoms with Crippen LogP contribution in [0, 0.1) is 5.92 Å². The van der Waals surface area contributed by atoms with Crippen molar-refractivity contribution < 1.29 is 19.5 Å². The normalized spacial score (nSPS) is 18.4. The fraction of sp³-hybridized carbons (Fsp3) is 0.786. The molecular weight excluding hydrogens is 274 g/mol. The molecule has 0 aliphatic carbocycles. The van der Waals surface area contributed by atoms with Gasteiger partial charge in [0.15, 0.2) is 0 Å². The molecule has 1 saturated heterocycles. The Morgan fingerprint density at radius 1 is 1.33 bits per heavy atom. The molecule has 1 fully saturated rings. The molecular formula is C14H25N3O4. The third-order valence-corrected chi connectivity index (χ3v) is 3.67. The molecule has 0 spiro atoms. The van der Waals surface area contributed by atoms with Crippen LogP contribution in [0.5, 0.6) is 0 Å². The third kappa shape index (κ3) is 6.46. The minimum absolute atomic E-state index is 0.00888. The number of carboxylic acid groups (broad SMARTS) is 1. The van der Waals surface area contributed by atoms with E-state index in [1.165, 1.54) is 0 Å². The summed E-state index contributed by atoms with van der Waals surface area (Å²) >= 11 is 0. The van der Waals surface area contributed by atoms with Crippen molar-refractivity contribution in [2.45, 2.75) is 45.6 Å². The topological polar surface area (TPSA) is 98.7 Å². The number of carbonyl (C=O) groups excluding carboxylic acids is 2. The summed E-state index contributed by atoms with van der Waals surface area (Å²) in [5, 5.41) is 14.4. The molecule has 0 aromatic carbocycles. The molecule has 0 aromatic heterocycles. The number of carboxylic acids is 1. The average molecular weight is 299 g/mol. The zero-order valence-corrected chi connectivity index (χ0v) is 12.7. The summed E-state index contributed by atoms with van der Waals surface area (Å²) in [4.78, 5) is 35.6. The first-order valence-corrected chi connectivity index (χ1v) is 7.45. The molecule has 120 valence electrons. The van der Waals surface area contributed by atoms with Crippen LogP contribution in [0.15, 0.2) is 0 Å². The van der Waals surface area contributed by atoms with Crippen LogP contribution in [-0.4, -0.2) is 53.6 Å². The molecule has 1 aliphatic rings. The van der Waals surface area contributed by atoms with Gasteiger partial charge in [-0.15, -0.1) is 0 Å². The highest BCUT2D eigenvalue weighted by Crippen LogP contribution is 2.10. The molecule has 7 heteroatoms. The van der Waals surface area contributed by atoms with Gasteiger partial charge in [0.25, 0.3) is 0 Å². The van der Waals surface area contributed by atoms with Gasteiger partial charge in [0, 0.05) is 32.1 Å². The van der Waals surface area contributed by atoms with Crippen LogP contribution in [0.3, 0.4) is 0 Å². The van der Waals surface area contributed by atoms with Crippen molar-refractivity contribution in [3.8, 4) is 0 Å². The number of hydrogen-bond acceptors (Lipinski definition) is 3. The highest BCUT2D eigenvalue weighted by molar-refractivity contribution is 5.79. The summed E-state index contributed by atoms with van der Waals surface area (Å²) in [6.45, 7) is 5.02. The average Bonchev–Trinajstić information content (AvgIpc) is 2.63. The van der Waals surface area contributed by atoms with Gasteiger partial charge in [-0.25, -0.2) is 4.79 Å². The summed E-state index contributed by atoms with van der Waals surface area (Å²) < 4.78 is 0. The number of rotatable bonds is 6. The van der Waals surface area contributed by atoms with E-state index in [1.54, 1.807) is 11.8 Å². The predicted molar refractivity (Wildman–Crippen MR) is 77.8 cm³/mol. The van der Waals surface area contributed by atoms with Crippen LogP contribution in [-0.2, 0) is 9.59 Å². The number of nitrogens with one attached hydrogen (secondary N) is 2. The van der Waals surface area contributed by atoms with Crippen molar-refractivity contribution in [1.29, 1.82) is 0 Å². The lowest BCUT2D eigenvalue weighted by Crippen LogP contribution is -2.45. The van der Waals surface area contributed by atoms with Crippen LogP contribution in [0.25, 0.3) is 0 Å². The lowest BCUT2D eigenvalue weighted by Gasteiger charge is -2.23. The first kappa shape index (κ1) is 17.3. The number of hydrogen-bond donors (Lipinski definition) is 3. The minimum atomic E-state index is -0.784. The van der Waals surface area contributed by atoms with E-state index in [9.17, 15) is 14.4 Å². The second-order valence-electron chi connectivity index (χ2n) is 5.61. The molecule has 3 N–H and O–H groups in total. The summed E-state index contributed by atoms with van der Waals surface area (Å²) in [5.41, 5.74) is 0. The molecule has 1 aliphatic heterocycles. The molecule has 2 atom stereocenters. The summed E-state index contributed by atoms with van der Waals surface area (Å²) in [5.74, 6) is -1.16. The number of nitrogens with zero attached hydrogens (tertiary/aromatic N) is 1. The highest BCUT2D eigenvalue weighted by atomic mass is 16.4. The van der Waals surface area contributed by atoms with E-state index in [1.807, 2.05) is 6.92 Å². The molecule has 0 bridgehead atoms. The first-order valence-electron chi connectivity index (χ1n) is 7.45. The molecule has 7 nitrogen and oxygen atoms in total. The Balaban J connectivity index is 2.26. The number of carbonyl (C=O) groups is 3. The molecule has 0 aromatic rings. The van der Waals surface area contributed by atoms with Gasteiger partial charge in [0.2, 0.25) is 5.91 Å². The van der Waals surface area contributed by atoms with Crippen molar-refractivity contribution in [3.05, 3.63) is 0 Å². The van der Waals surface area contributed by atoms with Gasteiger partial charge in [-0.2, -0.15) is 0 Å². The van der Waals surface area contributed by atoms with Gasteiger partial charge < -0.3 is 20.6 Å². The van der Waals surface area contributed by atoms with E-state index in [0.29, 0.717) is 32.5 Å². The van der Waals surface area contributed by atoms with Gasteiger partial charge in [0.1, 0.15) is 0 Å². The van der Waals surface area contributed by atoms with Crippen LogP contribution in [0.4, 0.5) is 4.79 Å².